The van der Waals surface area contributed by atoms with Gasteiger partial charge in [0, 0.05) is 0 Å². The summed E-state index contributed by atoms with van der Waals surface area (Å²) >= 11 is 0. The summed E-state index contributed by atoms with van der Waals surface area (Å²) in [5.41, 5.74) is 5.29. The fourth-order valence-electron chi connectivity index (χ4n) is 5.63. The van der Waals surface area contributed by atoms with Gasteiger partial charge in [-0.05, 0) is 27.8 Å². The van der Waals surface area contributed by atoms with Gasteiger partial charge in [-0.15, -0.1) is 0 Å². The van der Waals surface area contributed by atoms with Gasteiger partial charge in [0.1, 0.15) is 24.4 Å². The van der Waals surface area contributed by atoms with Crippen molar-refractivity contribution in [2.75, 3.05) is 6.61 Å². The molecule has 0 amide bonds. The molecule has 6 heteroatoms. The van der Waals surface area contributed by atoms with Crippen molar-refractivity contribution in [3.05, 3.63) is 179 Å². The Morgan fingerprint density at radius 3 is 1.13 bits per heavy atom. The van der Waals surface area contributed by atoms with E-state index < -0.39 is 30.7 Å². The molecule has 0 aliphatic carbocycles. The van der Waals surface area contributed by atoms with Crippen LogP contribution in [0.25, 0.3) is 0 Å². The second-order valence-electron chi connectivity index (χ2n) is 11.6. The van der Waals surface area contributed by atoms with Crippen LogP contribution in [0.5, 0.6) is 0 Å². The Morgan fingerprint density at radius 2 is 0.702 bits per heavy atom. The van der Waals surface area contributed by atoms with Crippen molar-refractivity contribution in [2.24, 2.45) is 0 Å². The highest BCUT2D eigenvalue weighted by Crippen LogP contribution is 2.32. The summed E-state index contributed by atoms with van der Waals surface area (Å²) in [6, 6.07) is 50.6. The van der Waals surface area contributed by atoms with Crippen molar-refractivity contribution in [3.8, 4) is 0 Å². The SMILES string of the molecule is c1ccc(COC[C@H]2O[C@@H](OCc3ccccc3)[C@@H](OCc3ccccc3)[C@@H](OCc3ccccc3)[C@@H]2OCc2ccccc2)cc1. The average molecular weight is 631 g/mol. The largest absolute Gasteiger partial charge is 0.374 e. The summed E-state index contributed by atoms with van der Waals surface area (Å²) in [4.78, 5) is 0. The predicted octanol–water partition coefficient (Wildman–Crippen LogP) is 7.90. The van der Waals surface area contributed by atoms with Crippen molar-refractivity contribution in [2.45, 2.75) is 63.7 Å². The van der Waals surface area contributed by atoms with Crippen LogP contribution in [-0.4, -0.2) is 37.3 Å². The molecule has 5 aromatic carbocycles. The van der Waals surface area contributed by atoms with E-state index in [1.54, 1.807) is 0 Å². The lowest BCUT2D eigenvalue weighted by atomic mass is 9.97. The van der Waals surface area contributed by atoms with E-state index in [4.69, 9.17) is 28.4 Å². The van der Waals surface area contributed by atoms with Crippen LogP contribution in [0.4, 0.5) is 0 Å². The Bertz CT molecular complexity index is 1550. The van der Waals surface area contributed by atoms with Crippen molar-refractivity contribution in [1.29, 1.82) is 0 Å². The highest BCUT2D eigenvalue weighted by Gasteiger charge is 2.49. The molecule has 0 aromatic heterocycles. The minimum Gasteiger partial charge on any atom is -0.374 e. The van der Waals surface area contributed by atoms with Gasteiger partial charge >= 0.3 is 0 Å². The summed E-state index contributed by atoms with van der Waals surface area (Å²) in [7, 11) is 0. The topological polar surface area (TPSA) is 55.4 Å². The van der Waals surface area contributed by atoms with Crippen molar-refractivity contribution >= 4 is 0 Å². The Balaban J connectivity index is 1.29. The Labute approximate surface area is 277 Å². The molecule has 242 valence electrons. The van der Waals surface area contributed by atoms with Gasteiger partial charge in [-0.3, -0.25) is 0 Å². The Hall–Kier alpha value is -4.14. The first kappa shape index (κ1) is 32.8. The van der Waals surface area contributed by atoms with Gasteiger partial charge in [0.15, 0.2) is 6.29 Å². The third-order valence-corrected chi connectivity index (χ3v) is 8.10. The van der Waals surface area contributed by atoms with Gasteiger partial charge in [-0.1, -0.05) is 152 Å². The summed E-state index contributed by atoms with van der Waals surface area (Å²) in [5.74, 6) is 0. The molecule has 1 heterocycles. The number of hydrogen-bond acceptors (Lipinski definition) is 6. The van der Waals surface area contributed by atoms with E-state index in [0.717, 1.165) is 27.8 Å². The zero-order valence-electron chi connectivity index (χ0n) is 26.5. The van der Waals surface area contributed by atoms with E-state index in [1.165, 1.54) is 0 Å². The number of benzene rings is 5. The molecular formula is C41H42O6. The minimum atomic E-state index is -0.735. The standard InChI is InChI=1S/C41H42O6/c1-6-16-32(17-7-1)26-42-31-37-38(43-27-33-18-8-2-9-19-33)39(44-28-34-20-10-3-11-21-34)40(45-29-35-22-12-4-13-23-35)41(47-37)46-30-36-24-14-5-15-25-36/h1-25,37-41H,26-31H2/t37-,38-,39+,40+,41-/m1/s1. The Morgan fingerprint density at radius 1 is 0.362 bits per heavy atom. The third kappa shape index (κ3) is 9.92. The smallest absolute Gasteiger partial charge is 0.187 e. The summed E-state index contributed by atoms with van der Waals surface area (Å²) in [5, 5.41) is 0. The van der Waals surface area contributed by atoms with E-state index in [0.29, 0.717) is 33.0 Å². The van der Waals surface area contributed by atoms with Gasteiger partial charge in [0.2, 0.25) is 0 Å². The maximum atomic E-state index is 6.78. The van der Waals surface area contributed by atoms with Crippen molar-refractivity contribution < 1.29 is 28.4 Å². The van der Waals surface area contributed by atoms with Gasteiger partial charge in [-0.25, -0.2) is 0 Å². The lowest BCUT2D eigenvalue weighted by Crippen LogP contribution is -2.61. The molecule has 1 aliphatic heterocycles. The zero-order chi connectivity index (χ0) is 31.9. The summed E-state index contributed by atoms with van der Waals surface area (Å²) in [6.07, 6.45) is -2.84. The average Bonchev–Trinajstić information content (AvgIpc) is 3.14. The lowest BCUT2D eigenvalue weighted by Gasteiger charge is -2.46. The highest BCUT2D eigenvalue weighted by atomic mass is 16.7. The number of hydrogen-bond donors (Lipinski definition) is 0. The van der Waals surface area contributed by atoms with Crippen LogP contribution in [0.15, 0.2) is 152 Å². The monoisotopic (exact) mass is 630 g/mol. The zero-order valence-corrected chi connectivity index (χ0v) is 26.5. The van der Waals surface area contributed by atoms with E-state index in [1.807, 2.05) is 115 Å². The van der Waals surface area contributed by atoms with Crippen LogP contribution < -0.4 is 0 Å². The van der Waals surface area contributed by atoms with Gasteiger partial charge in [0.25, 0.3) is 0 Å². The molecule has 0 saturated carbocycles. The molecule has 0 bridgehead atoms. The Kier molecular flexibility index (Phi) is 12.3. The van der Waals surface area contributed by atoms with Gasteiger partial charge in [0.05, 0.1) is 39.6 Å². The maximum absolute atomic E-state index is 6.78. The maximum Gasteiger partial charge on any atom is 0.187 e. The van der Waals surface area contributed by atoms with Crippen molar-refractivity contribution in [1.82, 2.24) is 0 Å². The number of rotatable bonds is 16. The van der Waals surface area contributed by atoms with Crippen LogP contribution >= 0.6 is 0 Å². The summed E-state index contributed by atoms with van der Waals surface area (Å²) < 4.78 is 39.7. The van der Waals surface area contributed by atoms with E-state index in [2.05, 4.69) is 36.4 Å². The predicted molar refractivity (Wildman–Crippen MR) is 181 cm³/mol. The van der Waals surface area contributed by atoms with Gasteiger partial charge < -0.3 is 28.4 Å². The molecule has 0 radical (unpaired) electrons. The minimum absolute atomic E-state index is 0.288. The molecule has 1 saturated heterocycles. The first-order valence-electron chi connectivity index (χ1n) is 16.2. The molecule has 1 aliphatic rings. The van der Waals surface area contributed by atoms with Crippen LogP contribution in [0, 0.1) is 0 Å². The third-order valence-electron chi connectivity index (χ3n) is 8.10. The van der Waals surface area contributed by atoms with Crippen LogP contribution in [-0.2, 0) is 61.5 Å². The first-order chi connectivity index (χ1) is 23.3. The second kappa shape index (κ2) is 17.7. The molecule has 1 fully saturated rings. The van der Waals surface area contributed by atoms with Crippen molar-refractivity contribution in [3.63, 3.8) is 0 Å². The summed E-state index contributed by atoms with van der Waals surface area (Å²) in [6.45, 7) is 2.23. The van der Waals surface area contributed by atoms with E-state index in [-0.39, 0.29) is 6.61 Å². The molecule has 47 heavy (non-hydrogen) atoms. The highest BCUT2D eigenvalue weighted by molar-refractivity contribution is 5.17. The lowest BCUT2D eigenvalue weighted by molar-refractivity contribution is -0.330. The molecule has 5 aromatic rings. The van der Waals surface area contributed by atoms with Crippen LogP contribution in [0.2, 0.25) is 0 Å². The van der Waals surface area contributed by atoms with Gasteiger partial charge in [-0.2, -0.15) is 0 Å². The first-order valence-corrected chi connectivity index (χ1v) is 16.2. The second-order valence-corrected chi connectivity index (χ2v) is 11.6. The normalized spacial score (nSPS) is 21.0. The molecule has 0 spiro atoms. The molecule has 6 rings (SSSR count). The molecule has 6 nitrogen and oxygen atoms in total. The molecule has 0 unspecified atom stereocenters. The fourth-order valence-corrected chi connectivity index (χ4v) is 5.63. The molecule has 5 atom stereocenters. The molecule has 0 N–H and O–H groups in total. The fraction of sp³-hybridized carbons (Fsp3) is 0.268. The van der Waals surface area contributed by atoms with Crippen LogP contribution in [0.3, 0.4) is 0 Å². The van der Waals surface area contributed by atoms with Crippen LogP contribution in [0.1, 0.15) is 27.8 Å². The van der Waals surface area contributed by atoms with E-state index >= 15 is 0 Å². The quantitative estimate of drug-likeness (QED) is 0.111. The molecular weight excluding hydrogens is 588 g/mol. The number of ether oxygens (including phenoxy) is 6. The van der Waals surface area contributed by atoms with E-state index in [9.17, 15) is 0 Å².